The Morgan fingerprint density at radius 1 is 1.24 bits per heavy atom. The average Bonchev–Trinajstić information content (AvgIpc) is 2.82. The van der Waals surface area contributed by atoms with Gasteiger partial charge in [0.2, 0.25) is 0 Å². The van der Waals surface area contributed by atoms with Gasteiger partial charge in [-0.2, -0.15) is 0 Å². The highest BCUT2D eigenvalue weighted by molar-refractivity contribution is 6.31. The molecule has 1 atom stereocenters. The molecule has 0 unspecified atom stereocenters. The van der Waals surface area contributed by atoms with E-state index in [0.29, 0.717) is 53.9 Å². The summed E-state index contributed by atoms with van der Waals surface area (Å²) in [7, 11) is 1.54. The molecule has 2 aromatic carbocycles. The number of benzene rings is 2. The number of hydrogen-bond donors (Lipinski definition) is 3. The summed E-state index contributed by atoms with van der Waals surface area (Å²) in [5.74, 6) is -0.308. The van der Waals surface area contributed by atoms with Crippen LogP contribution in [0.15, 0.2) is 36.7 Å². The highest BCUT2D eigenvalue weighted by Gasteiger charge is 2.40. The van der Waals surface area contributed by atoms with Gasteiger partial charge in [-0.15, -0.1) is 0 Å². The van der Waals surface area contributed by atoms with Gasteiger partial charge in [-0.25, -0.2) is 14.4 Å². The summed E-state index contributed by atoms with van der Waals surface area (Å²) in [5.41, 5.74) is 5.54. The van der Waals surface area contributed by atoms with Crippen LogP contribution < -0.4 is 20.5 Å². The van der Waals surface area contributed by atoms with Crippen LogP contribution in [-0.4, -0.2) is 39.8 Å². The average molecular weight is 489 g/mol. The van der Waals surface area contributed by atoms with E-state index in [1.807, 2.05) is 0 Å². The number of carboxylic acids is 1. The summed E-state index contributed by atoms with van der Waals surface area (Å²) in [5, 5.41) is 13.0. The maximum atomic E-state index is 14.4. The quantitative estimate of drug-likeness (QED) is 0.429. The number of fused-ring (bicyclic) bond motifs is 1. The van der Waals surface area contributed by atoms with Gasteiger partial charge in [-0.3, -0.25) is 4.79 Å². The fourth-order valence-corrected chi connectivity index (χ4v) is 4.45. The highest BCUT2D eigenvalue weighted by Crippen LogP contribution is 2.39. The number of halogens is 2. The van der Waals surface area contributed by atoms with Crippen molar-refractivity contribution in [1.82, 2.24) is 9.97 Å². The van der Waals surface area contributed by atoms with Crippen molar-refractivity contribution in [2.45, 2.75) is 44.2 Å². The van der Waals surface area contributed by atoms with E-state index in [-0.39, 0.29) is 22.7 Å². The van der Waals surface area contributed by atoms with E-state index in [1.54, 1.807) is 38.3 Å². The maximum Gasteiger partial charge on any atom is 0.323 e. The van der Waals surface area contributed by atoms with E-state index in [1.165, 1.54) is 12.4 Å². The molecule has 0 bridgehead atoms. The van der Waals surface area contributed by atoms with E-state index in [0.717, 1.165) is 0 Å². The summed E-state index contributed by atoms with van der Waals surface area (Å²) in [6, 6.07) is 8.17. The number of nitrogens with zero attached hydrogens (tertiary/aromatic N) is 2. The molecule has 0 radical (unpaired) electrons. The van der Waals surface area contributed by atoms with Gasteiger partial charge < -0.3 is 25.6 Å². The molecule has 1 heterocycles. The van der Waals surface area contributed by atoms with Gasteiger partial charge in [-0.05, 0) is 56.7 Å². The van der Waals surface area contributed by atoms with E-state index in [9.17, 15) is 14.3 Å². The minimum Gasteiger partial charge on any atom is -0.493 e. The van der Waals surface area contributed by atoms with Crippen molar-refractivity contribution < 1.29 is 23.8 Å². The lowest BCUT2D eigenvalue weighted by Gasteiger charge is -2.36. The standard InChI is InChI=1S/C24H26ClFN4O4/c1-24(27,23(31)32)13-6-8-14(9-7-13)34-20-10-15-18(11-19(20)33-2)28-12-29-22(15)30-17-5-3-4-16(25)21(17)26/h3-5,10-14H,6-9,27H2,1-2H3,(H,31,32)(H,28,29,30)/t13?,14?,24-/m1/s1. The first kappa shape index (κ1) is 24.0. The van der Waals surface area contributed by atoms with Crippen LogP contribution in [0, 0.1) is 11.7 Å². The molecule has 0 aliphatic heterocycles. The molecule has 4 rings (SSSR count). The first-order chi connectivity index (χ1) is 16.2. The number of hydrogen-bond acceptors (Lipinski definition) is 7. The lowest BCUT2D eigenvalue weighted by molar-refractivity contribution is -0.145. The highest BCUT2D eigenvalue weighted by atomic mass is 35.5. The van der Waals surface area contributed by atoms with Crippen LogP contribution in [0.4, 0.5) is 15.9 Å². The van der Waals surface area contributed by atoms with E-state index in [2.05, 4.69) is 15.3 Å². The molecular formula is C24H26ClFN4O4. The molecule has 0 spiro atoms. The largest absolute Gasteiger partial charge is 0.493 e. The Hall–Kier alpha value is -3.17. The van der Waals surface area contributed by atoms with Crippen molar-refractivity contribution in [3.05, 3.63) is 47.5 Å². The Morgan fingerprint density at radius 3 is 2.65 bits per heavy atom. The zero-order valence-electron chi connectivity index (χ0n) is 18.8. The molecule has 0 saturated heterocycles. The van der Waals surface area contributed by atoms with E-state index in [4.69, 9.17) is 26.8 Å². The maximum absolute atomic E-state index is 14.4. The van der Waals surface area contributed by atoms with Crippen LogP contribution in [0.2, 0.25) is 5.02 Å². The minimum absolute atomic E-state index is 0.00105. The number of nitrogens with one attached hydrogen (secondary N) is 1. The lowest BCUT2D eigenvalue weighted by Crippen LogP contribution is -2.52. The monoisotopic (exact) mass is 488 g/mol. The summed E-state index contributed by atoms with van der Waals surface area (Å²) in [6.45, 7) is 1.56. The van der Waals surface area contributed by atoms with Crippen LogP contribution >= 0.6 is 11.6 Å². The Labute approximate surface area is 201 Å². The molecule has 3 aromatic rings. The van der Waals surface area contributed by atoms with E-state index < -0.39 is 17.3 Å². The summed E-state index contributed by atoms with van der Waals surface area (Å²) < 4.78 is 26.2. The first-order valence-corrected chi connectivity index (χ1v) is 11.3. The van der Waals surface area contributed by atoms with Crippen molar-refractivity contribution >= 4 is 40.0 Å². The number of anilines is 2. The predicted octanol–water partition coefficient (Wildman–Crippen LogP) is 4.91. The lowest BCUT2D eigenvalue weighted by atomic mass is 9.75. The number of aliphatic carboxylic acids is 1. The number of rotatable bonds is 7. The Morgan fingerprint density at radius 2 is 1.97 bits per heavy atom. The van der Waals surface area contributed by atoms with Crippen LogP contribution in [-0.2, 0) is 4.79 Å². The topological polar surface area (TPSA) is 120 Å². The molecule has 1 aliphatic rings. The Kier molecular flexibility index (Phi) is 6.77. The number of carbonyl (C=O) groups is 1. The fourth-order valence-electron chi connectivity index (χ4n) is 4.28. The molecule has 1 fully saturated rings. The number of ether oxygens (including phenoxy) is 2. The Balaban J connectivity index is 1.59. The third-order valence-corrected chi connectivity index (χ3v) is 6.69. The molecular weight excluding hydrogens is 463 g/mol. The van der Waals surface area contributed by atoms with Crippen molar-refractivity contribution in [2.75, 3.05) is 12.4 Å². The molecule has 1 aromatic heterocycles. The van der Waals surface area contributed by atoms with E-state index >= 15 is 0 Å². The van der Waals surface area contributed by atoms with Gasteiger partial charge in [-0.1, -0.05) is 17.7 Å². The minimum atomic E-state index is -1.26. The SMILES string of the molecule is COc1cc2ncnc(Nc3cccc(Cl)c3F)c2cc1OC1CCC([C@@](C)(N)C(=O)O)CC1. The van der Waals surface area contributed by atoms with Crippen LogP contribution in [0.25, 0.3) is 10.9 Å². The Bertz CT molecular complexity index is 1220. The van der Waals surface area contributed by atoms with Gasteiger partial charge in [0, 0.05) is 11.5 Å². The normalized spacial score (nSPS) is 19.9. The third kappa shape index (κ3) is 4.71. The molecule has 1 aliphatic carbocycles. The zero-order chi connectivity index (χ0) is 24.5. The van der Waals surface area contributed by atoms with Crippen molar-refractivity contribution in [3.63, 3.8) is 0 Å². The van der Waals surface area contributed by atoms with Crippen molar-refractivity contribution in [3.8, 4) is 11.5 Å². The zero-order valence-corrected chi connectivity index (χ0v) is 19.6. The fraction of sp³-hybridized carbons (Fsp3) is 0.375. The molecule has 4 N–H and O–H groups in total. The second-order valence-electron chi connectivity index (χ2n) is 8.65. The summed E-state index contributed by atoms with van der Waals surface area (Å²) >= 11 is 5.90. The van der Waals surface area contributed by atoms with Crippen LogP contribution in [0.5, 0.6) is 11.5 Å². The van der Waals surface area contributed by atoms with Gasteiger partial charge >= 0.3 is 5.97 Å². The van der Waals surface area contributed by atoms with Gasteiger partial charge in [0.15, 0.2) is 17.3 Å². The molecule has 34 heavy (non-hydrogen) atoms. The third-order valence-electron chi connectivity index (χ3n) is 6.40. The van der Waals surface area contributed by atoms with Crippen LogP contribution in [0.1, 0.15) is 32.6 Å². The molecule has 180 valence electrons. The number of nitrogens with two attached hydrogens (primary N) is 1. The first-order valence-electron chi connectivity index (χ1n) is 10.9. The summed E-state index contributed by atoms with van der Waals surface area (Å²) in [6.07, 6.45) is 3.86. The van der Waals surface area contributed by atoms with Gasteiger partial charge in [0.25, 0.3) is 0 Å². The van der Waals surface area contributed by atoms with Crippen LogP contribution in [0.3, 0.4) is 0 Å². The second-order valence-corrected chi connectivity index (χ2v) is 9.06. The predicted molar refractivity (Wildman–Crippen MR) is 127 cm³/mol. The number of aromatic nitrogens is 2. The van der Waals surface area contributed by atoms with Crippen molar-refractivity contribution in [1.29, 1.82) is 0 Å². The molecule has 10 heteroatoms. The second kappa shape index (κ2) is 9.60. The number of methoxy groups -OCH3 is 1. The van der Waals surface area contributed by atoms with Crippen molar-refractivity contribution in [2.24, 2.45) is 11.7 Å². The molecule has 8 nitrogen and oxygen atoms in total. The smallest absolute Gasteiger partial charge is 0.323 e. The van der Waals surface area contributed by atoms with Gasteiger partial charge in [0.05, 0.1) is 29.4 Å². The number of carboxylic acid groups (broad SMARTS) is 1. The molecule has 0 amide bonds. The molecule has 1 saturated carbocycles. The summed E-state index contributed by atoms with van der Waals surface area (Å²) in [4.78, 5) is 20.1. The van der Waals surface area contributed by atoms with Gasteiger partial charge in [0.1, 0.15) is 17.7 Å².